The highest BCUT2D eigenvalue weighted by Gasteiger charge is 2.23. The number of rotatable bonds is 3. The van der Waals surface area contributed by atoms with Crippen LogP contribution in [0.15, 0.2) is 36.7 Å². The van der Waals surface area contributed by atoms with Crippen LogP contribution in [0.1, 0.15) is 24.4 Å². The van der Waals surface area contributed by atoms with Crippen LogP contribution in [-0.4, -0.2) is 45.7 Å². The number of hydrogen-bond donors (Lipinski definition) is 0. The van der Waals surface area contributed by atoms with E-state index < -0.39 is 0 Å². The number of hydrogen-bond acceptors (Lipinski definition) is 5. The minimum Gasteiger partial charge on any atom is -0.454 e. The van der Waals surface area contributed by atoms with Crippen molar-refractivity contribution in [3.05, 3.63) is 42.2 Å². The maximum absolute atomic E-state index is 12.3. The molecule has 7 heteroatoms. The van der Waals surface area contributed by atoms with Gasteiger partial charge in [-0.15, -0.1) is 0 Å². The molecule has 1 fully saturated rings. The van der Waals surface area contributed by atoms with E-state index in [2.05, 4.69) is 10.2 Å². The summed E-state index contributed by atoms with van der Waals surface area (Å²) < 4.78 is 10.6. The Hall–Kier alpha value is -2.83. The molecule has 7 nitrogen and oxygen atoms in total. The molecular weight excluding hydrogens is 308 g/mol. The molecule has 2 aliphatic heterocycles. The predicted molar refractivity (Wildman–Crippen MR) is 86.5 cm³/mol. The minimum absolute atomic E-state index is 0.0274. The van der Waals surface area contributed by atoms with E-state index in [1.807, 2.05) is 29.2 Å². The fourth-order valence-electron chi connectivity index (χ4n) is 3.02. The van der Waals surface area contributed by atoms with E-state index in [0.717, 1.165) is 43.0 Å². The Bertz CT molecular complexity index is 749. The van der Waals surface area contributed by atoms with Crippen LogP contribution in [-0.2, 0) is 4.79 Å². The van der Waals surface area contributed by atoms with Crippen molar-refractivity contribution in [2.45, 2.75) is 18.9 Å². The molecule has 1 aromatic carbocycles. The third-order valence-corrected chi connectivity index (χ3v) is 4.35. The van der Waals surface area contributed by atoms with E-state index in [1.165, 1.54) is 0 Å². The van der Waals surface area contributed by atoms with Gasteiger partial charge in [0.15, 0.2) is 11.5 Å². The molecule has 24 heavy (non-hydrogen) atoms. The first kappa shape index (κ1) is 14.7. The summed E-state index contributed by atoms with van der Waals surface area (Å²) in [7, 11) is 0. The molecule has 2 aliphatic rings. The first-order chi connectivity index (χ1) is 11.8. The molecule has 0 bridgehead atoms. The lowest BCUT2D eigenvalue weighted by Crippen LogP contribution is -2.38. The third kappa shape index (κ3) is 2.97. The summed E-state index contributed by atoms with van der Waals surface area (Å²) in [5.41, 5.74) is 0.920. The van der Waals surface area contributed by atoms with Crippen LogP contribution in [0.2, 0.25) is 0 Å². The standard InChI is InChI=1S/C17H18N4O3/c22-17(4-2-13-1-3-15-16(11-13)24-12-23-15)20-9-5-14(6-10-20)21-18-7-8-19-21/h1-4,7-8,11,14H,5-6,9-10,12H2/b4-2+. The summed E-state index contributed by atoms with van der Waals surface area (Å²) in [5, 5.41) is 8.36. The van der Waals surface area contributed by atoms with Crippen LogP contribution in [0.5, 0.6) is 11.5 Å². The summed E-state index contributed by atoms with van der Waals surface area (Å²) in [6, 6.07) is 5.92. The normalized spacial score (nSPS) is 17.6. The average molecular weight is 326 g/mol. The molecule has 0 spiro atoms. The lowest BCUT2D eigenvalue weighted by molar-refractivity contribution is -0.127. The molecule has 124 valence electrons. The summed E-state index contributed by atoms with van der Waals surface area (Å²) >= 11 is 0. The fraction of sp³-hybridized carbons (Fsp3) is 0.353. The monoisotopic (exact) mass is 326 g/mol. The zero-order valence-electron chi connectivity index (χ0n) is 13.2. The largest absolute Gasteiger partial charge is 0.454 e. The van der Waals surface area contributed by atoms with Gasteiger partial charge in [-0.2, -0.15) is 15.0 Å². The highest BCUT2D eigenvalue weighted by molar-refractivity contribution is 5.91. The molecule has 1 aromatic heterocycles. The lowest BCUT2D eigenvalue weighted by atomic mass is 10.1. The molecule has 0 unspecified atom stereocenters. The van der Waals surface area contributed by atoms with Crippen LogP contribution in [0.4, 0.5) is 0 Å². The molecule has 2 aromatic rings. The van der Waals surface area contributed by atoms with Gasteiger partial charge in [0.1, 0.15) is 0 Å². The van der Waals surface area contributed by atoms with E-state index in [9.17, 15) is 4.79 Å². The number of nitrogens with zero attached hydrogens (tertiary/aromatic N) is 4. The molecule has 0 saturated carbocycles. The van der Waals surface area contributed by atoms with Crippen molar-refractivity contribution in [3.63, 3.8) is 0 Å². The number of carbonyl (C=O) groups is 1. The molecule has 0 radical (unpaired) electrons. The maximum Gasteiger partial charge on any atom is 0.246 e. The summed E-state index contributed by atoms with van der Waals surface area (Å²) in [4.78, 5) is 15.9. The second kappa shape index (κ2) is 6.35. The highest BCUT2D eigenvalue weighted by Crippen LogP contribution is 2.32. The van der Waals surface area contributed by atoms with Gasteiger partial charge in [-0.25, -0.2) is 0 Å². The topological polar surface area (TPSA) is 69.5 Å². The second-order valence-electron chi connectivity index (χ2n) is 5.85. The molecule has 1 saturated heterocycles. The Kier molecular flexibility index (Phi) is 3.90. The minimum atomic E-state index is 0.0274. The van der Waals surface area contributed by atoms with Crippen molar-refractivity contribution in [1.82, 2.24) is 19.9 Å². The number of fused-ring (bicyclic) bond motifs is 1. The van der Waals surface area contributed by atoms with Gasteiger partial charge in [-0.3, -0.25) is 4.79 Å². The van der Waals surface area contributed by atoms with Crippen molar-refractivity contribution in [2.24, 2.45) is 0 Å². The molecule has 0 N–H and O–H groups in total. The van der Waals surface area contributed by atoms with E-state index in [4.69, 9.17) is 9.47 Å². The van der Waals surface area contributed by atoms with E-state index in [0.29, 0.717) is 0 Å². The van der Waals surface area contributed by atoms with Gasteiger partial charge < -0.3 is 14.4 Å². The smallest absolute Gasteiger partial charge is 0.246 e. The number of carbonyl (C=O) groups excluding carboxylic acids is 1. The Labute approximate surface area is 139 Å². The van der Waals surface area contributed by atoms with Crippen LogP contribution in [0.3, 0.4) is 0 Å². The number of ether oxygens (including phenoxy) is 2. The zero-order valence-corrected chi connectivity index (χ0v) is 13.2. The maximum atomic E-state index is 12.3. The van der Waals surface area contributed by atoms with Crippen molar-refractivity contribution in [2.75, 3.05) is 19.9 Å². The number of piperidine rings is 1. The van der Waals surface area contributed by atoms with Crippen molar-refractivity contribution in [1.29, 1.82) is 0 Å². The first-order valence-electron chi connectivity index (χ1n) is 8.02. The van der Waals surface area contributed by atoms with Gasteiger partial charge in [-0.05, 0) is 36.6 Å². The van der Waals surface area contributed by atoms with Crippen LogP contribution in [0, 0.1) is 0 Å². The first-order valence-corrected chi connectivity index (χ1v) is 8.02. The Balaban J connectivity index is 1.35. The van der Waals surface area contributed by atoms with E-state index >= 15 is 0 Å². The van der Waals surface area contributed by atoms with Crippen LogP contribution in [0.25, 0.3) is 6.08 Å². The van der Waals surface area contributed by atoms with Gasteiger partial charge in [0.25, 0.3) is 0 Å². The number of benzene rings is 1. The Morgan fingerprint density at radius 2 is 1.88 bits per heavy atom. The fourth-order valence-corrected chi connectivity index (χ4v) is 3.02. The van der Waals surface area contributed by atoms with Gasteiger partial charge in [0.2, 0.25) is 12.7 Å². The van der Waals surface area contributed by atoms with Gasteiger partial charge in [0.05, 0.1) is 18.4 Å². The Morgan fingerprint density at radius 3 is 2.67 bits per heavy atom. The SMILES string of the molecule is O=C(/C=C/c1ccc2c(c1)OCO2)N1CCC(n2nccn2)CC1. The lowest BCUT2D eigenvalue weighted by Gasteiger charge is -2.30. The summed E-state index contributed by atoms with van der Waals surface area (Å²) in [6.45, 7) is 1.69. The number of likely N-dealkylation sites (tertiary alicyclic amines) is 1. The van der Waals surface area contributed by atoms with E-state index in [-0.39, 0.29) is 18.7 Å². The van der Waals surface area contributed by atoms with Gasteiger partial charge >= 0.3 is 0 Å². The molecule has 4 rings (SSSR count). The average Bonchev–Trinajstić information content (AvgIpc) is 3.31. The molecular formula is C17H18N4O3. The van der Waals surface area contributed by atoms with E-state index in [1.54, 1.807) is 23.3 Å². The van der Waals surface area contributed by atoms with Crippen LogP contribution < -0.4 is 9.47 Å². The zero-order chi connectivity index (χ0) is 16.4. The molecule has 0 aliphatic carbocycles. The van der Waals surface area contributed by atoms with Gasteiger partial charge in [-0.1, -0.05) is 6.07 Å². The summed E-state index contributed by atoms with van der Waals surface area (Å²) in [6.07, 6.45) is 8.54. The van der Waals surface area contributed by atoms with Crippen molar-refractivity contribution < 1.29 is 14.3 Å². The highest BCUT2D eigenvalue weighted by atomic mass is 16.7. The number of aromatic nitrogens is 3. The van der Waals surface area contributed by atoms with Gasteiger partial charge in [0, 0.05) is 19.2 Å². The van der Waals surface area contributed by atoms with Crippen molar-refractivity contribution >= 4 is 12.0 Å². The van der Waals surface area contributed by atoms with Crippen molar-refractivity contribution in [3.8, 4) is 11.5 Å². The molecule has 0 atom stereocenters. The molecule has 3 heterocycles. The van der Waals surface area contributed by atoms with Crippen LogP contribution >= 0.6 is 0 Å². The number of amides is 1. The third-order valence-electron chi connectivity index (χ3n) is 4.35. The predicted octanol–water partition coefficient (Wildman–Crippen LogP) is 1.88. The summed E-state index contributed by atoms with van der Waals surface area (Å²) in [5.74, 6) is 1.49. The molecule has 1 amide bonds. The Morgan fingerprint density at radius 1 is 1.12 bits per heavy atom. The quantitative estimate of drug-likeness (QED) is 0.806. The second-order valence-corrected chi connectivity index (χ2v) is 5.85.